The highest BCUT2D eigenvalue weighted by atomic mass is 35.5. The number of aromatic nitrogens is 1. The van der Waals surface area contributed by atoms with Gasteiger partial charge in [0.15, 0.2) is 0 Å². The number of hydrogen-bond donors (Lipinski definition) is 1. The molecule has 0 spiro atoms. The summed E-state index contributed by atoms with van der Waals surface area (Å²) in [5, 5.41) is 3.42. The fourth-order valence-corrected chi connectivity index (χ4v) is 3.16. The predicted molar refractivity (Wildman–Crippen MR) is 83.6 cm³/mol. The van der Waals surface area contributed by atoms with Crippen LogP contribution < -0.4 is 5.32 Å². The van der Waals surface area contributed by atoms with E-state index in [4.69, 9.17) is 0 Å². The smallest absolute Gasteiger partial charge is 0.227 e. The highest BCUT2D eigenvalue weighted by Gasteiger charge is 2.37. The first kappa shape index (κ1) is 17.2. The van der Waals surface area contributed by atoms with Crippen LogP contribution in [0.15, 0.2) is 24.5 Å². The number of fused-ring (bicyclic) bond motifs is 2. The lowest BCUT2D eigenvalue weighted by Crippen LogP contribution is -2.43. The second kappa shape index (κ2) is 7.81. The van der Waals surface area contributed by atoms with Gasteiger partial charge in [-0.25, -0.2) is 0 Å². The van der Waals surface area contributed by atoms with Gasteiger partial charge < -0.3 is 10.2 Å². The maximum absolute atomic E-state index is 12.5. The van der Waals surface area contributed by atoms with Gasteiger partial charge in [0.2, 0.25) is 5.91 Å². The highest BCUT2D eigenvalue weighted by Crippen LogP contribution is 2.28. The predicted octanol–water partition coefficient (Wildman–Crippen LogP) is 1.82. The second-order valence-electron chi connectivity index (χ2n) is 5.21. The summed E-state index contributed by atoms with van der Waals surface area (Å²) in [4.78, 5) is 18.6. The molecule has 2 aliphatic heterocycles. The lowest BCUT2D eigenvalue weighted by molar-refractivity contribution is -0.133. The fraction of sp³-hybridized carbons (Fsp3) is 0.571. The average Bonchev–Trinajstić information content (AvgIpc) is 2.64. The van der Waals surface area contributed by atoms with Gasteiger partial charge in [-0.2, -0.15) is 0 Å². The molecule has 2 fully saturated rings. The van der Waals surface area contributed by atoms with Crippen molar-refractivity contribution in [1.29, 1.82) is 0 Å². The number of halogens is 2. The van der Waals surface area contributed by atoms with E-state index in [0.717, 1.165) is 31.5 Å². The first-order valence-electron chi connectivity index (χ1n) is 6.75. The Kier molecular flexibility index (Phi) is 6.72. The van der Waals surface area contributed by atoms with E-state index in [1.165, 1.54) is 6.42 Å². The molecule has 3 heterocycles. The summed E-state index contributed by atoms with van der Waals surface area (Å²) in [6, 6.07) is 4.72. The zero-order chi connectivity index (χ0) is 12.4. The number of carbonyl (C=O) groups is 1. The molecule has 20 heavy (non-hydrogen) atoms. The molecule has 1 N–H and O–H groups in total. The molecule has 3 rings (SSSR count). The van der Waals surface area contributed by atoms with Gasteiger partial charge in [-0.15, -0.1) is 24.8 Å². The van der Waals surface area contributed by atoms with E-state index >= 15 is 0 Å². The van der Waals surface area contributed by atoms with Crippen molar-refractivity contribution in [1.82, 2.24) is 15.2 Å². The van der Waals surface area contributed by atoms with Crippen molar-refractivity contribution in [2.75, 3.05) is 13.1 Å². The van der Waals surface area contributed by atoms with Crippen LogP contribution in [-0.2, 0) is 11.2 Å². The van der Waals surface area contributed by atoms with Crippen LogP contribution in [0.1, 0.15) is 24.8 Å². The second-order valence-corrected chi connectivity index (χ2v) is 5.21. The maximum Gasteiger partial charge on any atom is 0.227 e. The third kappa shape index (κ3) is 3.62. The fourth-order valence-electron chi connectivity index (χ4n) is 3.16. The Morgan fingerprint density at radius 1 is 1.20 bits per heavy atom. The zero-order valence-corrected chi connectivity index (χ0v) is 13.0. The number of nitrogens with one attached hydrogen (secondary N) is 1. The van der Waals surface area contributed by atoms with Gasteiger partial charge in [-0.05, 0) is 43.5 Å². The molecule has 2 saturated heterocycles. The lowest BCUT2D eigenvalue weighted by atomic mass is 10.1. The molecule has 0 aromatic carbocycles. The molecule has 4 nitrogen and oxygen atoms in total. The molecule has 112 valence electrons. The Bertz CT molecular complexity index is 416. The van der Waals surface area contributed by atoms with Crippen molar-refractivity contribution < 1.29 is 4.79 Å². The summed E-state index contributed by atoms with van der Waals surface area (Å²) < 4.78 is 0. The number of carbonyl (C=O) groups excluding carboxylic acids is 1. The van der Waals surface area contributed by atoms with Gasteiger partial charge in [0.05, 0.1) is 6.42 Å². The third-order valence-corrected chi connectivity index (χ3v) is 4.05. The largest absolute Gasteiger partial charge is 0.335 e. The van der Waals surface area contributed by atoms with Crippen LogP contribution in [0.2, 0.25) is 0 Å². The summed E-state index contributed by atoms with van der Waals surface area (Å²) in [5.74, 6) is 0.275. The van der Waals surface area contributed by atoms with Gasteiger partial charge in [0.25, 0.3) is 0 Å². The van der Waals surface area contributed by atoms with Crippen molar-refractivity contribution in [3.05, 3.63) is 30.1 Å². The standard InChI is InChI=1S/C14H19N3O.2ClH/c18-14(9-11-3-6-15-7-4-11)17-12-1-2-13(17)10-16-8-5-12;;/h3-4,6-7,12-13,16H,1-2,5,8-10H2;2*1H/t12-,13+;;/m1../s1. The Labute approximate surface area is 132 Å². The minimum absolute atomic E-state index is 0. The van der Waals surface area contributed by atoms with E-state index in [-0.39, 0.29) is 30.7 Å². The molecule has 1 aromatic rings. The molecule has 6 heteroatoms. The van der Waals surface area contributed by atoms with Crippen LogP contribution in [0.3, 0.4) is 0 Å². The van der Waals surface area contributed by atoms with Gasteiger partial charge in [-0.1, -0.05) is 0 Å². The van der Waals surface area contributed by atoms with E-state index in [1.807, 2.05) is 12.1 Å². The van der Waals surface area contributed by atoms with E-state index in [9.17, 15) is 4.79 Å². The van der Waals surface area contributed by atoms with Crippen LogP contribution in [0.25, 0.3) is 0 Å². The van der Waals surface area contributed by atoms with Crippen molar-refractivity contribution in [3.63, 3.8) is 0 Å². The Morgan fingerprint density at radius 2 is 1.90 bits per heavy atom. The molecular formula is C14H21Cl2N3O. The van der Waals surface area contributed by atoms with E-state index in [1.54, 1.807) is 12.4 Å². The number of rotatable bonds is 2. The molecule has 0 unspecified atom stereocenters. The van der Waals surface area contributed by atoms with E-state index < -0.39 is 0 Å². The SMILES string of the molecule is Cl.Cl.O=C(Cc1ccncc1)N1[C@H]2CCNC[C@@H]1CC2. The van der Waals surface area contributed by atoms with Crippen molar-refractivity contribution in [3.8, 4) is 0 Å². The van der Waals surface area contributed by atoms with Gasteiger partial charge in [0.1, 0.15) is 0 Å². The molecule has 2 aliphatic rings. The van der Waals surface area contributed by atoms with Crippen molar-refractivity contribution in [2.45, 2.75) is 37.8 Å². The molecule has 1 amide bonds. The van der Waals surface area contributed by atoms with Crippen molar-refractivity contribution >= 4 is 30.7 Å². The number of nitrogens with zero attached hydrogens (tertiary/aromatic N) is 2. The quantitative estimate of drug-likeness (QED) is 0.905. The average molecular weight is 318 g/mol. The van der Waals surface area contributed by atoms with Crippen molar-refractivity contribution in [2.24, 2.45) is 0 Å². The third-order valence-electron chi connectivity index (χ3n) is 4.05. The van der Waals surface area contributed by atoms with Gasteiger partial charge in [0, 0.05) is 31.0 Å². The van der Waals surface area contributed by atoms with Crippen LogP contribution in [0.4, 0.5) is 0 Å². The van der Waals surface area contributed by atoms with Crippen LogP contribution in [-0.4, -0.2) is 41.0 Å². The molecule has 2 bridgehead atoms. The molecule has 0 aliphatic carbocycles. The number of hydrogen-bond acceptors (Lipinski definition) is 3. The monoisotopic (exact) mass is 317 g/mol. The highest BCUT2D eigenvalue weighted by molar-refractivity contribution is 5.85. The number of amides is 1. The molecule has 2 atom stereocenters. The van der Waals surface area contributed by atoms with Crippen LogP contribution in [0.5, 0.6) is 0 Å². The minimum Gasteiger partial charge on any atom is -0.335 e. The van der Waals surface area contributed by atoms with Crippen LogP contribution >= 0.6 is 24.8 Å². The Hall–Kier alpha value is -0.840. The summed E-state index contributed by atoms with van der Waals surface area (Å²) in [7, 11) is 0. The molecule has 0 radical (unpaired) electrons. The summed E-state index contributed by atoms with van der Waals surface area (Å²) >= 11 is 0. The summed E-state index contributed by atoms with van der Waals surface area (Å²) in [5.41, 5.74) is 1.06. The van der Waals surface area contributed by atoms with Gasteiger partial charge >= 0.3 is 0 Å². The lowest BCUT2D eigenvalue weighted by Gasteiger charge is -2.28. The van der Waals surface area contributed by atoms with Gasteiger partial charge in [-0.3, -0.25) is 9.78 Å². The van der Waals surface area contributed by atoms with E-state index in [0.29, 0.717) is 18.5 Å². The molecular weight excluding hydrogens is 297 g/mol. The maximum atomic E-state index is 12.5. The summed E-state index contributed by atoms with van der Waals surface area (Å²) in [6.07, 6.45) is 7.44. The Balaban J connectivity index is 0.000001000. The number of pyridine rings is 1. The minimum atomic E-state index is 0. The molecule has 0 saturated carbocycles. The molecule has 1 aromatic heterocycles. The van der Waals surface area contributed by atoms with E-state index in [2.05, 4.69) is 15.2 Å². The summed E-state index contributed by atoms with van der Waals surface area (Å²) in [6.45, 7) is 2.00. The first-order chi connectivity index (χ1) is 8.84. The van der Waals surface area contributed by atoms with Crippen LogP contribution in [0, 0.1) is 0 Å². The first-order valence-corrected chi connectivity index (χ1v) is 6.75. The topological polar surface area (TPSA) is 45.2 Å². The normalized spacial score (nSPS) is 24.3. The Morgan fingerprint density at radius 3 is 2.65 bits per heavy atom. The zero-order valence-electron chi connectivity index (χ0n) is 11.3.